The number of carboxylic acids is 1. The van der Waals surface area contributed by atoms with E-state index in [4.69, 9.17) is 0 Å². The van der Waals surface area contributed by atoms with Gasteiger partial charge in [0.2, 0.25) is 0 Å². The summed E-state index contributed by atoms with van der Waals surface area (Å²) < 4.78 is 13.7. The Bertz CT molecular complexity index is 628. The van der Waals surface area contributed by atoms with E-state index in [2.05, 4.69) is 0 Å². The number of halogens is 1. The molecule has 0 bridgehead atoms. The van der Waals surface area contributed by atoms with Crippen LogP contribution in [0, 0.1) is 11.7 Å². The molecular formula is C19H21FO3. The number of rotatable bonds is 8. The number of aliphatic hydroxyl groups is 1. The van der Waals surface area contributed by atoms with Gasteiger partial charge in [-0.05, 0) is 42.9 Å². The van der Waals surface area contributed by atoms with Crippen LogP contribution in [0.5, 0.6) is 0 Å². The average Bonchev–Trinajstić information content (AvgIpc) is 2.55. The molecule has 122 valence electrons. The molecule has 2 N–H and O–H groups in total. The first kappa shape index (κ1) is 17.2. The van der Waals surface area contributed by atoms with Crippen molar-refractivity contribution in [3.63, 3.8) is 0 Å². The van der Waals surface area contributed by atoms with Crippen molar-refractivity contribution in [3.05, 3.63) is 71.5 Å². The molecule has 0 aliphatic carbocycles. The Morgan fingerprint density at radius 1 is 1.04 bits per heavy atom. The van der Waals surface area contributed by atoms with Gasteiger partial charge >= 0.3 is 5.97 Å². The molecular weight excluding hydrogens is 295 g/mol. The van der Waals surface area contributed by atoms with E-state index in [1.54, 1.807) is 18.2 Å². The molecule has 0 aliphatic rings. The Labute approximate surface area is 135 Å². The molecule has 0 saturated carbocycles. The third-order valence-corrected chi connectivity index (χ3v) is 3.94. The molecule has 4 heteroatoms. The van der Waals surface area contributed by atoms with E-state index in [9.17, 15) is 19.4 Å². The van der Waals surface area contributed by atoms with E-state index in [0.29, 0.717) is 18.4 Å². The predicted molar refractivity (Wildman–Crippen MR) is 86.6 cm³/mol. The monoisotopic (exact) mass is 316 g/mol. The topological polar surface area (TPSA) is 57.5 Å². The first-order valence-electron chi connectivity index (χ1n) is 7.74. The van der Waals surface area contributed by atoms with Crippen molar-refractivity contribution in [2.24, 2.45) is 5.92 Å². The summed E-state index contributed by atoms with van der Waals surface area (Å²) in [6.07, 6.45) is 0.670. The van der Waals surface area contributed by atoms with Crippen LogP contribution in [0.3, 0.4) is 0 Å². The van der Waals surface area contributed by atoms with Crippen LogP contribution in [-0.4, -0.2) is 22.3 Å². The van der Waals surface area contributed by atoms with Crippen LogP contribution < -0.4 is 0 Å². The number of carbonyl (C=O) groups is 1. The second-order valence-electron chi connectivity index (χ2n) is 5.74. The highest BCUT2D eigenvalue weighted by Crippen LogP contribution is 2.19. The average molecular weight is 316 g/mol. The summed E-state index contributed by atoms with van der Waals surface area (Å²) >= 11 is 0. The second kappa shape index (κ2) is 8.44. The van der Waals surface area contributed by atoms with E-state index in [-0.39, 0.29) is 12.8 Å². The fourth-order valence-electron chi connectivity index (χ4n) is 2.63. The summed E-state index contributed by atoms with van der Waals surface area (Å²) in [4.78, 5) is 11.4. The summed E-state index contributed by atoms with van der Waals surface area (Å²) in [6, 6.07) is 15.9. The Kier molecular flexibility index (Phi) is 6.29. The van der Waals surface area contributed by atoms with Crippen LogP contribution >= 0.6 is 0 Å². The van der Waals surface area contributed by atoms with Crippen molar-refractivity contribution < 1.29 is 19.4 Å². The summed E-state index contributed by atoms with van der Waals surface area (Å²) in [5, 5.41) is 19.4. The van der Waals surface area contributed by atoms with Crippen molar-refractivity contribution >= 4 is 5.97 Å². The van der Waals surface area contributed by atoms with Crippen LogP contribution in [0.25, 0.3) is 0 Å². The summed E-state index contributed by atoms with van der Waals surface area (Å²) in [5.41, 5.74) is 1.47. The number of carboxylic acid groups (broad SMARTS) is 1. The minimum atomic E-state index is -1.01. The fraction of sp³-hybridized carbons (Fsp3) is 0.316. The zero-order valence-electron chi connectivity index (χ0n) is 12.9. The molecule has 2 atom stereocenters. The van der Waals surface area contributed by atoms with Crippen LogP contribution in [0.4, 0.5) is 4.39 Å². The molecule has 0 aromatic heterocycles. The molecule has 0 spiro atoms. The van der Waals surface area contributed by atoms with Gasteiger partial charge in [-0.3, -0.25) is 4.79 Å². The van der Waals surface area contributed by atoms with E-state index in [1.165, 1.54) is 6.07 Å². The number of benzene rings is 2. The molecule has 23 heavy (non-hydrogen) atoms. The Morgan fingerprint density at radius 2 is 1.70 bits per heavy atom. The summed E-state index contributed by atoms with van der Waals surface area (Å²) in [5.74, 6) is -2.21. The fourth-order valence-corrected chi connectivity index (χ4v) is 2.63. The van der Waals surface area contributed by atoms with Gasteiger partial charge in [-0.1, -0.05) is 48.5 Å². The molecule has 0 unspecified atom stereocenters. The zero-order valence-corrected chi connectivity index (χ0v) is 12.9. The molecule has 0 heterocycles. The van der Waals surface area contributed by atoms with E-state index in [0.717, 1.165) is 5.56 Å². The number of aliphatic carboxylic acids is 1. The number of aliphatic hydroxyl groups excluding tert-OH is 1. The van der Waals surface area contributed by atoms with Crippen LogP contribution in [-0.2, 0) is 17.6 Å². The molecule has 2 rings (SSSR count). The molecule has 2 aromatic carbocycles. The van der Waals surface area contributed by atoms with Crippen molar-refractivity contribution in [2.75, 3.05) is 0 Å². The Morgan fingerprint density at radius 3 is 2.35 bits per heavy atom. The summed E-state index contributed by atoms with van der Waals surface area (Å²) in [7, 11) is 0. The van der Waals surface area contributed by atoms with Gasteiger partial charge in [0.1, 0.15) is 5.82 Å². The minimum Gasteiger partial charge on any atom is -0.481 e. The van der Waals surface area contributed by atoms with Crippen molar-refractivity contribution in [1.29, 1.82) is 0 Å². The highest BCUT2D eigenvalue weighted by molar-refractivity contribution is 5.70. The standard InChI is InChI=1S/C19H21FO3/c20-18-9-5-4-8-15(18)12-16(19(22)23)13-17(21)11-10-14-6-2-1-3-7-14/h1-9,16-17,21H,10-13H2,(H,22,23)/t16-,17+/m1/s1. The molecule has 0 radical (unpaired) electrons. The van der Waals surface area contributed by atoms with E-state index >= 15 is 0 Å². The first-order chi connectivity index (χ1) is 11.1. The van der Waals surface area contributed by atoms with Gasteiger partial charge in [-0.2, -0.15) is 0 Å². The maximum atomic E-state index is 13.7. The molecule has 0 amide bonds. The van der Waals surface area contributed by atoms with Gasteiger partial charge in [-0.25, -0.2) is 4.39 Å². The normalized spacial score (nSPS) is 13.5. The first-order valence-corrected chi connectivity index (χ1v) is 7.74. The third kappa shape index (κ3) is 5.49. The number of aryl methyl sites for hydroxylation is 1. The SMILES string of the molecule is O=C(O)[C@H](Cc1ccccc1F)C[C@@H](O)CCc1ccccc1. The Hall–Kier alpha value is -2.20. The molecule has 2 aromatic rings. The predicted octanol–water partition coefficient (Wildman–Crippen LogP) is 3.45. The maximum absolute atomic E-state index is 13.7. The van der Waals surface area contributed by atoms with Gasteiger partial charge < -0.3 is 10.2 Å². The largest absolute Gasteiger partial charge is 0.481 e. The quantitative estimate of drug-likeness (QED) is 0.784. The van der Waals surface area contributed by atoms with Crippen LogP contribution in [0.1, 0.15) is 24.0 Å². The highest BCUT2D eigenvalue weighted by Gasteiger charge is 2.23. The molecule has 0 aliphatic heterocycles. The number of hydrogen-bond acceptors (Lipinski definition) is 2. The molecule has 0 fully saturated rings. The number of hydrogen-bond donors (Lipinski definition) is 2. The smallest absolute Gasteiger partial charge is 0.306 e. The van der Waals surface area contributed by atoms with Gasteiger partial charge in [0.25, 0.3) is 0 Å². The van der Waals surface area contributed by atoms with Crippen molar-refractivity contribution in [1.82, 2.24) is 0 Å². The molecule has 3 nitrogen and oxygen atoms in total. The van der Waals surface area contributed by atoms with E-state index < -0.39 is 23.8 Å². The lowest BCUT2D eigenvalue weighted by molar-refractivity contribution is -0.142. The lowest BCUT2D eigenvalue weighted by Gasteiger charge is -2.17. The van der Waals surface area contributed by atoms with E-state index in [1.807, 2.05) is 30.3 Å². The van der Waals surface area contributed by atoms with Crippen molar-refractivity contribution in [2.45, 2.75) is 31.8 Å². The second-order valence-corrected chi connectivity index (χ2v) is 5.74. The van der Waals surface area contributed by atoms with Gasteiger partial charge in [-0.15, -0.1) is 0 Å². The summed E-state index contributed by atoms with van der Waals surface area (Å²) in [6.45, 7) is 0. The third-order valence-electron chi connectivity index (χ3n) is 3.94. The lowest BCUT2D eigenvalue weighted by Crippen LogP contribution is -2.23. The zero-order chi connectivity index (χ0) is 16.7. The Balaban J connectivity index is 1.91. The van der Waals surface area contributed by atoms with Gasteiger partial charge in [0, 0.05) is 0 Å². The lowest BCUT2D eigenvalue weighted by atomic mass is 9.91. The maximum Gasteiger partial charge on any atom is 0.306 e. The van der Waals surface area contributed by atoms with Gasteiger partial charge in [0.15, 0.2) is 0 Å². The highest BCUT2D eigenvalue weighted by atomic mass is 19.1. The van der Waals surface area contributed by atoms with Crippen molar-refractivity contribution in [3.8, 4) is 0 Å². The molecule has 0 saturated heterocycles. The minimum absolute atomic E-state index is 0.0877. The van der Waals surface area contributed by atoms with Gasteiger partial charge in [0.05, 0.1) is 12.0 Å². The van der Waals surface area contributed by atoms with Crippen LogP contribution in [0.15, 0.2) is 54.6 Å². The van der Waals surface area contributed by atoms with Crippen LogP contribution in [0.2, 0.25) is 0 Å².